The van der Waals surface area contributed by atoms with Gasteiger partial charge in [-0.3, -0.25) is 0 Å². The minimum Gasteiger partial charge on any atom is -0.356 e. The zero-order valence-corrected chi connectivity index (χ0v) is 12.9. The van der Waals surface area contributed by atoms with Gasteiger partial charge in [-0.2, -0.15) is 5.10 Å². The SMILES string of the molecule is Brc1cc(I)cc2cnn(C3CCCCO3)c12. The Hall–Kier alpha value is -0.140. The normalized spacial score (nSPS) is 20.9. The summed E-state index contributed by atoms with van der Waals surface area (Å²) >= 11 is 5.94. The molecule has 0 radical (unpaired) electrons. The fourth-order valence-electron chi connectivity index (χ4n) is 2.24. The zero-order valence-electron chi connectivity index (χ0n) is 9.20. The Kier molecular flexibility index (Phi) is 3.40. The number of aromatic nitrogens is 2. The number of ether oxygens (including phenoxy) is 1. The monoisotopic (exact) mass is 406 g/mol. The van der Waals surface area contributed by atoms with Crippen molar-refractivity contribution in [2.45, 2.75) is 25.5 Å². The highest BCUT2D eigenvalue weighted by Crippen LogP contribution is 2.31. The molecule has 0 bridgehead atoms. The van der Waals surface area contributed by atoms with Crippen molar-refractivity contribution in [2.75, 3.05) is 6.61 Å². The number of hydrogen-bond acceptors (Lipinski definition) is 2. The van der Waals surface area contributed by atoms with Crippen LogP contribution in [0.3, 0.4) is 0 Å². The van der Waals surface area contributed by atoms with Gasteiger partial charge in [0.1, 0.15) is 0 Å². The van der Waals surface area contributed by atoms with E-state index in [2.05, 4.69) is 55.8 Å². The molecular weight excluding hydrogens is 395 g/mol. The van der Waals surface area contributed by atoms with Gasteiger partial charge in [-0.15, -0.1) is 0 Å². The maximum absolute atomic E-state index is 5.79. The predicted molar refractivity (Wildman–Crippen MR) is 79.0 cm³/mol. The van der Waals surface area contributed by atoms with Gasteiger partial charge in [0.15, 0.2) is 6.23 Å². The van der Waals surface area contributed by atoms with Crippen molar-refractivity contribution < 1.29 is 4.74 Å². The van der Waals surface area contributed by atoms with Crippen molar-refractivity contribution >= 4 is 49.4 Å². The van der Waals surface area contributed by atoms with E-state index < -0.39 is 0 Å². The lowest BCUT2D eigenvalue weighted by Crippen LogP contribution is -2.19. The van der Waals surface area contributed by atoms with E-state index in [1.165, 1.54) is 9.99 Å². The molecule has 3 nitrogen and oxygen atoms in total. The van der Waals surface area contributed by atoms with Crippen LogP contribution in [-0.2, 0) is 4.74 Å². The number of rotatable bonds is 1. The van der Waals surface area contributed by atoms with Crippen LogP contribution in [0.5, 0.6) is 0 Å². The van der Waals surface area contributed by atoms with E-state index in [1.807, 2.05) is 10.9 Å². The first-order chi connectivity index (χ1) is 8.25. The molecule has 0 spiro atoms. The molecule has 0 amide bonds. The summed E-state index contributed by atoms with van der Waals surface area (Å²) in [6, 6.07) is 4.26. The summed E-state index contributed by atoms with van der Waals surface area (Å²) in [4.78, 5) is 0. The Bertz CT molecular complexity index is 549. The Morgan fingerprint density at radius 1 is 1.41 bits per heavy atom. The summed E-state index contributed by atoms with van der Waals surface area (Å²) in [5, 5.41) is 5.64. The molecule has 1 aliphatic rings. The maximum Gasteiger partial charge on any atom is 0.150 e. The minimum atomic E-state index is 0.0950. The van der Waals surface area contributed by atoms with Crippen molar-refractivity contribution in [3.05, 3.63) is 26.4 Å². The average molecular weight is 407 g/mol. The zero-order chi connectivity index (χ0) is 11.8. The van der Waals surface area contributed by atoms with Crippen LogP contribution in [0.15, 0.2) is 22.8 Å². The average Bonchev–Trinajstić information content (AvgIpc) is 2.74. The molecule has 1 aromatic carbocycles. The quantitative estimate of drug-likeness (QED) is 0.666. The van der Waals surface area contributed by atoms with Gasteiger partial charge < -0.3 is 4.74 Å². The lowest BCUT2D eigenvalue weighted by atomic mass is 10.2. The third kappa shape index (κ3) is 2.24. The summed E-state index contributed by atoms with van der Waals surface area (Å²) in [5.74, 6) is 0. The number of fused-ring (bicyclic) bond motifs is 1. The number of halogens is 2. The van der Waals surface area contributed by atoms with Gasteiger partial charge in [0.05, 0.1) is 11.7 Å². The van der Waals surface area contributed by atoms with Gasteiger partial charge in [0, 0.05) is 20.0 Å². The van der Waals surface area contributed by atoms with Gasteiger partial charge in [-0.25, -0.2) is 4.68 Å². The molecule has 17 heavy (non-hydrogen) atoms. The second-order valence-corrected chi connectivity index (χ2v) is 6.34. The third-order valence-corrected chi connectivity index (χ3v) is 4.26. The molecule has 2 aromatic rings. The molecule has 1 aromatic heterocycles. The minimum absolute atomic E-state index is 0.0950. The van der Waals surface area contributed by atoms with Crippen molar-refractivity contribution in [1.29, 1.82) is 0 Å². The van der Waals surface area contributed by atoms with Crippen molar-refractivity contribution in [3.8, 4) is 0 Å². The van der Waals surface area contributed by atoms with Crippen molar-refractivity contribution in [2.24, 2.45) is 0 Å². The van der Waals surface area contributed by atoms with Crippen LogP contribution in [0.4, 0.5) is 0 Å². The molecule has 1 atom stereocenters. The van der Waals surface area contributed by atoms with Crippen LogP contribution in [0.2, 0.25) is 0 Å². The molecule has 90 valence electrons. The van der Waals surface area contributed by atoms with E-state index in [4.69, 9.17) is 4.74 Å². The van der Waals surface area contributed by atoms with Gasteiger partial charge in [-0.05, 0) is 69.9 Å². The largest absolute Gasteiger partial charge is 0.356 e. The Labute approximate surface area is 122 Å². The maximum atomic E-state index is 5.79. The summed E-state index contributed by atoms with van der Waals surface area (Å²) < 4.78 is 10.1. The summed E-state index contributed by atoms with van der Waals surface area (Å²) in [5.41, 5.74) is 1.14. The molecule has 0 N–H and O–H groups in total. The Morgan fingerprint density at radius 3 is 3.06 bits per heavy atom. The predicted octanol–water partition coefficient (Wildman–Crippen LogP) is 4.10. The highest BCUT2D eigenvalue weighted by molar-refractivity contribution is 14.1. The standard InChI is InChI=1S/C12H12BrIN2O/c13-10-6-9(14)5-8-7-15-16(12(8)10)11-3-1-2-4-17-11/h5-7,11H,1-4H2. The van der Waals surface area contributed by atoms with Gasteiger partial charge in [-0.1, -0.05) is 0 Å². The van der Waals surface area contributed by atoms with E-state index in [-0.39, 0.29) is 6.23 Å². The fourth-order valence-corrected chi connectivity index (χ4v) is 3.98. The van der Waals surface area contributed by atoms with Crippen molar-refractivity contribution in [1.82, 2.24) is 9.78 Å². The van der Waals surface area contributed by atoms with Crippen LogP contribution >= 0.6 is 38.5 Å². The fraction of sp³-hybridized carbons (Fsp3) is 0.417. The number of hydrogen-bond donors (Lipinski definition) is 0. The molecule has 0 aliphatic carbocycles. The highest BCUT2D eigenvalue weighted by Gasteiger charge is 2.19. The number of nitrogens with zero attached hydrogens (tertiary/aromatic N) is 2. The van der Waals surface area contributed by atoms with E-state index in [9.17, 15) is 0 Å². The molecule has 1 aliphatic heterocycles. The van der Waals surface area contributed by atoms with Gasteiger partial charge in [0.25, 0.3) is 0 Å². The highest BCUT2D eigenvalue weighted by atomic mass is 127. The summed E-state index contributed by atoms with van der Waals surface area (Å²) in [6.07, 6.45) is 5.44. The smallest absolute Gasteiger partial charge is 0.150 e. The molecule has 3 rings (SSSR count). The first-order valence-corrected chi connectivity index (χ1v) is 7.57. The Morgan fingerprint density at radius 2 is 2.29 bits per heavy atom. The van der Waals surface area contributed by atoms with E-state index >= 15 is 0 Å². The van der Waals surface area contributed by atoms with E-state index in [0.717, 1.165) is 34.8 Å². The summed E-state index contributed by atoms with van der Waals surface area (Å²) in [7, 11) is 0. The molecular formula is C12H12BrIN2O. The molecule has 0 saturated carbocycles. The lowest BCUT2D eigenvalue weighted by molar-refractivity contribution is -0.0367. The first kappa shape index (κ1) is 11.9. The number of benzene rings is 1. The van der Waals surface area contributed by atoms with Gasteiger partial charge in [0.2, 0.25) is 0 Å². The van der Waals surface area contributed by atoms with Crippen LogP contribution in [-0.4, -0.2) is 16.4 Å². The van der Waals surface area contributed by atoms with Crippen LogP contribution in [0.1, 0.15) is 25.5 Å². The van der Waals surface area contributed by atoms with Gasteiger partial charge >= 0.3 is 0 Å². The summed E-state index contributed by atoms with van der Waals surface area (Å²) in [6.45, 7) is 0.841. The van der Waals surface area contributed by atoms with Crippen LogP contribution in [0, 0.1) is 3.57 Å². The third-order valence-electron chi connectivity index (χ3n) is 3.04. The lowest BCUT2D eigenvalue weighted by Gasteiger charge is -2.23. The Balaban J connectivity index is 2.10. The topological polar surface area (TPSA) is 27.1 Å². The van der Waals surface area contributed by atoms with E-state index in [0.29, 0.717) is 0 Å². The second kappa shape index (κ2) is 4.85. The molecule has 5 heteroatoms. The molecule has 1 unspecified atom stereocenters. The van der Waals surface area contributed by atoms with Crippen LogP contribution in [0.25, 0.3) is 10.9 Å². The van der Waals surface area contributed by atoms with Crippen LogP contribution < -0.4 is 0 Å². The molecule has 1 saturated heterocycles. The first-order valence-electron chi connectivity index (χ1n) is 5.69. The molecule has 1 fully saturated rings. The van der Waals surface area contributed by atoms with Crippen molar-refractivity contribution in [3.63, 3.8) is 0 Å². The molecule has 2 heterocycles. The van der Waals surface area contributed by atoms with E-state index in [1.54, 1.807) is 0 Å². The second-order valence-electron chi connectivity index (χ2n) is 4.24.